The Morgan fingerprint density at radius 1 is 1.43 bits per heavy atom. The maximum Gasteiger partial charge on any atom is 0.322 e. The smallest absolute Gasteiger partial charge is 0.320 e. The SMILES string of the molecule is Cc1c(Cl)cccc1NC(=O)c1nn(C)c(C)c1[N+](=O)[O-]. The van der Waals surface area contributed by atoms with Gasteiger partial charge in [-0.05, 0) is 31.5 Å². The molecule has 0 saturated heterocycles. The standard InChI is InChI=1S/C13H13ClN4O3/c1-7-9(14)5-4-6-10(7)15-13(19)11-12(18(20)21)8(2)17(3)16-11/h4-6H,1-3H3,(H,15,19). The van der Waals surface area contributed by atoms with E-state index in [1.807, 2.05) is 0 Å². The van der Waals surface area contributed by atoms with E-state index in [0.717, 1.165) is 0 Å². The molecular formula is C13H13ClN4O3. The molecule has 2 aromatic rings. The highest BCUT2D eigenvalue weighted by Crippen LogP contribution is 2.26. The summed E-state index contributed by atoms with van der Waals surface area (Å²) in [6, 6.07) is 5.05. The average Bonchev–Trinajstić information content (AvgIpc) is 2.71. The van der Waals surface area contributed by atoms with Crippen LogP contribution in [0.2, 0.25) is 5.02 Å². The van der Waals surface area contributed by atoms with E-state index in [2.05, 4.69) is 10.4 Å². The first-order valence-electron chi connectivity index (χ1n) is 6.07. The molecule has 0 fully saturated rings. The lowest BCUT2D eigenvalue weighted by molar-refractivity contribution is -0.385. The molecule has 0 aliphatic heterocycles. The van der Waals surface area contributed by atoms with Crippen molar-refractivity contribution >= 4 is 28.9 Å². The zero-order valence-electron chi connectivity index (χ0n) is 11.7. The number of halogens is 1. The lowest BCUT2D eigenvalue weighted by Gasteiger charge is -2.07. The van der Waals surface area contributed by atoms with Gasteiger partial charge in [0.2, 0.25) is 5.69 Å². The van der Waals surface area contributed by atoms with Crippen LogP contribution in [0.5, 0.6) is 0 Å². The van der Waals surface area contributed by atoms with Gasteiger partial charge in [-0.3, -0.25) is 19.6 Å². The molecule has 21 heavy (non-hydrogen) atoms. The zero-order chi connectivity index (χ0) is 15.7. The summed E-state index contributed by atoms with van der Waals surface area (Å²) in [5.74, 6) is -0.643. The molecule has 1 aromatic heterocycles. The second-order valence-electron chi connectivity index (χ2n) is 4.53. The van der Waals surface area contributed by atoms with Crippen molar-refractivity contribution in [1.29, 1.82) is 0 Å². The van der Waals surface area contributed by atoms with Crippen molar-refractivity contribution in [3.05, 3.63) is 50.3 Å². The molecule has 0 spiro atoms. The molecular weight excluding hydrogens is 296 g/mol. The van der Waals surface area contributed by atoms with Crippen molar-refractivity contribution in [1.82, 2.24) is 9.78 Å². The third-order valence-corrected chi connectivity index (χ3v) is 3.63. The Balaban J connectivity index is 2.40. The molecule has 110 valence electrons. The van der Waals surface area contributed by atoms with Gasteiger partial charge in [0.05, 0.1) is 4.92 Å². The number of carbonyl (C=O) groups excluding carboxylic acids is 1. The van der Waals surface area contributed by atoms with Crippen LogP contribution in [0.3, 0.4) is 0 Å². The van der Waals surface area contributed by atoms with Gasteiger partial charge in [0, 0.05) is 17.8 Å². The summed E-state index contributed by atoms with van der Waals surface area (Å²) in [5, 5.41) is 18.1. The highest BCUT2D eigenvalue weighted by atomic mass is 35.5. The Morgan fingerprint density at radius 3 is 2.71 bits per heavy atom. The summed E-state index contributed by atoms with van der Waals surface area (Å²) in [5.41, 5.74) is 0.968. The normalized spacial score (nSPS) is 10.5. The van der Waals surface area contributed by atoms with Crippen LogP contribution in [0.4, 0.5) is 11.4 Å². The van der Waals surface area contributed by atoms with Gasteiger partial charge in [0.1, 0.15) is 5.69 Å². The van der Waals surface area contributed by atoms with Crippen molar-refractivity contribution in [2.75, 3.05) is 5.32 Å². The van der Waals surface area contributed by atoms with Gasteiger partial charge in [-0.25, -0.2) is 0 Å². The van der Waals surface area contributed by atoms with E-state index in [-0.39, 0.29) is 11.4 Å². The van der Waals surface area contributed by atoms with E-state index >= 15 is 0 Å². The van der Waals surface area contributed by atoms with E-state index in [9.17, 15) is 14.9 Å². The maximum atomic E-state index is 12.2. The molecule has 1 N–H and O–H groups in total. The molecule has 0 aliphatic rings. The third-order valence-electron chi connectivity index (χ3n) is 3.22. The van der Waals surface area contributed by atoms with Crippen LogP contribution in [0, 0.1) is 24.0 Å². The van der Waals surface area contributed by atoms with Crippen molar-refractivity contribution in [2.24, 2.45) is 7.05 Å². The number of nitrogens with one attached hydrogen (secondary N) is 1. The Bertz CT molecular complexity index is 739. The first-order valence-corrected chi connectivity index (χ1v) is 6.45. The maximum absolute atomic E-state index is 12.2. The Kier molecular flexibility index (Phi) is 3.95. The van der Waals surface area contributed by atoms with Crippen molar-refractivity contribution < 1.29 is 9.72 Å². The van der Waals surface area contributed by atoms with Crippen LogP contribution in [0.15, 0.2) is 18.2 Å². The van der Waals surface area contributed by atoms with Crippen LogP contribution >= 0.6 is 11.6 Å². The van der Waals surface area contributed by atoms with Gasteiger partial charge in [-0.15, -0.1) is 0 Å². The second-order valence-corrected chi connectivity index (χ2v) is 4.94. The molecule has 0 saturated carbocycles. The van der Waals surface area contributed by atoms with Crippen LogP contribution in [0.1, 0.15) is 21.7 Å². The number of aryl methyl sites for hydroxylation is 1. The number of rotatable bonds is 3. The second kappa shape index (κ2) is 5.53. The number of carbonyl (C=O) groups is 1. The number of benzene rings is 1. The molecule has 0 atom stereocenters. The van der Waals surface area contributed by atoms with Crippen LogP contribution in [-0.4, -0.2) is 20.6 Å². The number of hydrogen-bond donors (Lipinski definition) is 1. The minimum Gasteiger partial charge on any atom is -0.320 e. The monoisotopic (exact) mass is 308 g/mol. The summed E-state index contributed by atoms with van der Waals surface area (Å²) in [6.07, 6.45) is 0. The first-order chi connectivity index (χ1) is 9.82. The van der Waals surface area contributed by atoms with Crippen LogP contribution < -0.4 is 5.32 Å². The Hall–Kier alpha value is -2.41. The van der Waals surface area contributed by atoms with Gasteiger partial charge in [0.25, 0.3) is 5.91 Å². The summed E-state index contributed by atoms with van der Waals surface area (Å²) < 4.78 is 1.30. The molecule has 2 rings (SSSR count). The summed E-state index contributed by atoms with van der Waals surface area (Å²) >= 11 is 5.98. The predicted octanol–water partition coefficient (Wildman–Crippen LogP) is 2.85. The molecule has 1 amide bonds. The number of aromatic nitrogens is 2. The van der Waals surface area contributed by atoms with Gasteiger partial charge < -0.3 is 5.32 Å². The molecule has 1 heterocycles. The topological polar surface area (TPSA) is 90.1 Å². The minimum absolute atomic E-state index is 0.223. The lowest BCUT2D eigenvalue weighted by atomic mass is 10.2. The number of nitro groups is 1. The van der Waals surface area contributed by atoms with Crippen LogP contribution in [0.25, 0.3) is 0 Å². The van der Waals surface area contributed by atoms with Crippen molar-refractivity contribution in [3.8, 4) is 0 Å². The van der Waals surface area contributed by atoms with Gasteiger partial charge in [-0.2, -0.15) is 5.10 Å². The Labute approximate surface area is 125 Å². The summed E-state index contributed by atoms with van der Waals surface area (Å²) in [6.45, 7) is 3.28. The number of amides is 1. The van der Waals surface area contributed by atoms with Gasteiger partial charge in [-0.1, -0.05) is 17.7 Å². The molecule has 8 heteroatoms. The zero-order valence-corrected chi connectivity index (χ0v) is 12.4. The minimum atomic E-state index is -0.643. The number of nitrogens with zero attached hydrogens (tertiary/aromatic N) is 3. The van der Waals surface area contributed by atoms with E-state index in [4.69, 9.17) is 11.6 Å². The average molecular weight is 309 g/mol. The fourth-order valence-electron chi connectivity index (χ4n) is 1.89. The molecule has 7 nitrogen and oxygen atoms in total. The summed E-state index contributed by atoms with van der Waals surface area (Å²) in [4.78, 5) is 22.7. The van der Waals surface area contributed by atoms with Gasteiger partial charge in [0.15, 0.2) is 0 Å². The first kappa shape index (κ1) is 15.0. The van der Waals surface area contributed by atoms with Gasteiger partial charge >= 0.3 is 5.69 Å². The highest BCUT2D eigenvalue weighted by molar-refractivity contribution is 6.31. The highest BCUT2D eigenvalue weighted by Gasteiger charge is 2.29. The third kappa shape index (κ3) is 2.73. The van der Waals surface area contributed by atoms with E-state index in [1.165, 1.54) is 11.6 Å². The van der Waals surface area contributed by atoms with Crippen LogP contribution in [-0.2, 0) is 7.05 Å². The quantitative estimate of drug-likeness (QED) is 0.697. The fraction of sp³-hybridized carbons (Fsp3) is 0.231. The van der Waals surface area contributed by atoms with Crippen molar-refractivity contribution in [3.63, 3.8) is 0 Å². The Morgan fingerprint density at radius 2 is 2.10 bits per heavy atom. The van der Waals surface area contributed by atoms with E-state index in [0.29, 0.717) is 22.0 Å². The van der Waals surface area contributed by atoms with E-state index < -0.39 is 10.8 Å². The predicted molar refractivity (Wildman–Crippen MR) is 78.7 cm³/mol. The lowest BCUT2D eigenvalue weighted by Crippen LogP contribution is -2.15. The molecule has 0 radical (unpaired) electrons. The summed E-state index contributed by atoms with van der Waals surface area (Å²) in [7, 11) is 1.55. The number of anilines is 1. The van der Waals surface area contributed by atoms with E-state index in [1.54, 1.807) is 32.2 Å². The largest absolute Gasteiger partial charge is 0.322 e. The fourth-order valence-corrected chi connectivity index (χ4v) is 2.07. The van der Waals surface area contributed by atoms with Crippen molar-refractivity contribution in [2.45, 2.75) is 13.8 Å². The number of hydrogen-bond acceptors (Lipinski definition) is 4. The molecule has 1 aromatic carbocycles. The molecule has 0 unspecified atom stereocenters. The molecule has 0 bridgehead atoms. The molecule has 0 aliphatic carbocycles.